The quantitative estimate of drug-likeness (QED) is 0.536. The smallest absolute Gasteiger partial charge is 0.305 e. The summed E-state index contributed by atoms with van der Waals surface area (Å²) < 4.78 is 10.00. The monoisotopic (exact) mass is 144 g/mol. The largest absolute Gasteiger partial charge is 0.457 e. The van der Waals surface area contributed by atoms with Crippen molar-refractivity contribution in [3.05, 3.63) is 0 Å². The van der Waals surface area contributed by atoms with E-state index in [4.69, 9.17) is 9.47 Å². The van der Waals surface area contributed by atoms with Crippen LogP contribution >= 0.6 is 0 Å². The molecule has 3 heteroatoms. The summed E-state index contributed by atoms with van der Waals surface area (Å²) in [5.74, 6) is -0.139. The normalized spacial score (nSPS) is 31.0. The van der Waals surface area contributed by atoms with E-state index in [-0.39, 0.29) is 18.2 Å². The van der Waals surface area contributed by atoms with Gasteiger partial charge in [-0.2, -0.15) is 0 Å². The Morgan fingerprint density at radius 3 is 2.80 bits per heavy atom. The van der Waals surface area contributed by atoms with E-state index >= 15 is 0 Å². The maximum atomic E-state index is 10.7. The summed E-state index contributed by atoms with van der Waals surface area (Å²) in [5.41, 5.74) is 0. The molecule has 58 valence electrons. The number of rotatable bonds is 2. The Morgan fingerprint density at radius 2 is 2.50 bits per heavy atom. The summed E-state index contributed by atoms with van der Waals surface area (Å²) in [4.78, 5) is 10.7. The Labute approximate surface area is 60.3 Å². The molecule has 0 radical (unpaired) electrons. The highest BCUT2D eigenvalue weighted by Crippen LogP contribution is 2.15. The van der Waals surface area contributed by atoms with E-state index in [0.717, 1.165) is 0 Å². The van der Waals surface area contributed by atoms with Crippen molar-refractivity contribution >= 4 is 5.97 Å². The molecular weight excluding hydrogens is 132 g/mol. The van der Waals surface area contributed by atoms with Crippen molar-refractivity contribution in [1.29, 1.82) is 0 Å². The zero-order valence-corrected chi connectivity index (χ0v) is 6.29. The van der Waals surface area contributed by atoms with Gasteiger partial charge in [-0.3, -0.25) is 4.79 Å². The van der Waals surface area contributed by atoms with Crippen LogP contribution in [-0.2, 0) is 14.3 Å². The number of esters is 1. The van der Waals surface area contributed by atoms with Crippen molar-refractivity contribution in [2.24, 2.45) is 0 Å². The van der Waals surface area contributed by atoms with Gasteiger partial charge in [0.05, 0.1) is 12.7 Å². The van der Waals surface area contributed by atoms with E-state index in [0.29, 0.717) is 13.0 Å². The third kappa shape index (κ3) is 1.48. The van der Waals surface area contributed by atoms with Gasteiger partial charge in [-0.25, -0.2) is 0 Å². The lowest BCUT2D eigenvalue weighted by molar-refractivity contribution is -0.193. The highest BCUT2D eigenvalue weighted by molar-refractivity contribution is 5.69. The Kier molecular flexibility index (Phi) is 2.27. The van der Waals surface area contributed by atoms with E-state index in [1.54, 1.807) is 6.92 Å². The first-order chi connectivity index (χ1) is 4.74. The summed E-state index contributed by atoms with van der Waals surface area (Å²) in [6, 6.07) is 0. The van der Waals surface area contributed by atoms with Crippen LogP contribution in [0.3, 0.4) is 0 Å². The Bertz CT molecular complexity index is 133. The number of ether oxygens (including phenoxy) is 2. The topological polar surface area (TPSA) is 35.5 Å². The molecule has 1 saturated heterocycles. The fourth-order valence-electron chi connectivity index (χ4n) is 0.749. The first kappa shape index (κ1) is 7.54. The summed E-state index contributed by atoms with van der Waals surface area (Å²) in [6.07, 6.45) is 0.548. The van der Waals surface area contributed by atoms with Gasteiger partial charge in [-0.1, -0.05) is 6.92 Å². The SMILES string of the molecule is CCC(=O)OC1COC1C. The highest BCUT2D eigenvalue weighted by atomic mass is 16.6. The molecular formula is C7H12O3. The van der Waals surface area contributed by atoms with Crippen LogP contribution in [0.4, 0.5) is 0 Å². The van der Waals surface area contributed by atoms with E-state index in [2.05, 4.69) is 0 Å². The summed E-state index contributed by atoms with van der Waals surface area (Å²) in [5, 5.41) is 0. The van der Waals surface area contributed by atoms with E-state index in [1.165, 1.54) is 0 Å². The van der Waals surface area contributed by atoms with Gasteiger partial charge in [0.15, 0.2) is 6.10 Å². The zero-order chi connectivity index (χ0) is 7.56. The molecule has 0 spiro atoms. The fourth-order valence-corrected chi connectivity index (χ4v) is 0.749. The third-order valence-corrected chi connectivity index (χ3v) is 1.62. The van der Waals surface area contributed by atoms with Gasteiger partial charge in [-0.15, -0.1) is 0 Å². The summed E-state index contributed by atoms with van der Waals surface area (Å²) >= 11 is 0. The van der Waals surface area contributed by atoms with Crippen LogP contribution in [0.1, 0.15) is 20.3 Å². The zero-order valence-electron chi connectivity index (χ0n) is 6.29. The van der Waals surface area contributed by atoms with Gasteiger partial charge in [0.2, 0.25) is 0 Å². The molecule has 0 N–H and O–H groups in total. The molecule has 0 saturated carbocycles. The van der Waals surface area contributed by atoms with E-state index in [9.17, 15) is 4.79 Å². The van der Waals surface area contributed by atoms with Crippen molar-refractivity contribution in [3.63, 3.8) is 0 Å². The van der Waals surface area contributed by atoms with Crippen LogP contribution < -0.4 is 0 Å². The van der Waals surface area contributed by atoms with Gasteiger partial charge in [0.25, 0.3) is 0 Å². The predicted molar refractivity (Wildman–Crippen MR) is 35.6 cm³/mol. The molecule has 2 atom stereocenters. The van der Waals surface area contributed by atoms with Crippen LogP contribution in [0.15, 0.2) is 0 Å². The molecule has 1 rings (SSSR count). The minimum atomic E-state index is -0.139. The minimum Gasteiger partial charge on any atom is -0.457 e. The van der Waals surface area contributed by atoms with Gasteiger partial charge >= 0.3 is 5.97 Å². The van der Waals surface area contributed by atoms with Gasteiger partial charge in [0.1, 0.15) is 0 Å². The number of carbonyl (C=O) groups excluding carboxylic acids is 1. The Hall–Kier alpha value is -0.570. The lowest BCUT2D eigenvalue weighted by atomic mass is 10.1. The van der Waals surface area contributed by atoms with Gasteiger partial charge < -0.3 is 9.47 Å². The molecule has 1 aliphatic rings. The van der Waals surface area contributed by atoms with Crippen LogP contribution in [0.5, 0.6) is 0 Å². The molecule has 0 aromatic heterocycles. The second kappa shape index (κ2) is 3.01. The van der Waals surface area contributed by atoms with Crippen LogP contribution in [-0.4, -0.2) is 24.8 Å². The van der Waals surface area contributed by atoms with Crippen molar-refractivity contribution in [2.45, 2.75) is 32.5 Å². The number of carbonyl (C=O) groups is 1. The lowest BCUT2D eigenvalue weighted by Gasteiger charge is -2.33. The Morgan fingerprint density at radius 1 is 1.80 bits per heavy atom. The molecule has 0 aromatic rings. The standard InChI is InChI=1S/C7H12O3/c1-3-7(8)10-6-4-9-5(6)2/h5-6H,3-4H2,1-2H3. The molecule has 0 amide bonds. The molecule has 1 fully saturated rings. The maximum absolute atomic E-state index is 10.7. The lowest BCUT2D eigenvalue weighted by Crippen LogP contribution is -2.45. The van der Waals surface area contributed by atoms with Crippen LogP contribution in [0.2, 0.25) is 0 Å². The second-order valence-electron chi connectivity index (χ2n) is 2.42. The summed E-state index contributed by atoms with van der Waals surface area (Å²) in [7, 11) is 0. The molecule has 10 heavy (non-hydrogen) atoms. The average Bonchev–Trinajstić information content (AvgIpc) is 1.96. The first-order valence-corrected chi connectivity index (χ1v) is 3.55. The van der Waals surface area contributed by atoms with Crippen molar-refractivity contribution in [2.75, 3.05) is 6.61 Å². The maximum Gasteiger partial charge on any atom is 0.305 e. The van der Waals surface area contributed by atoms with Gasteiger partial charge in [-0.05, 0) is 6.92 Å². The van der Waals surface area contributed by atoms with Crippen molar-refractivity contribution in [3.8, 4) is 0 Å². The highest BCUT2D eigenvalue weighted by Gasteiger charge is 2.30. The Balaban J connectivity index is 2.19. The second-order valence-corrected chi connectivity index (χ2v) is 2.42. The molecule has 2 unspecified atom stereocenters. The number of hydrogen-bond acceptors (Lipinski definition) is 3. The molecule has 0 aliphatic carbocycles. The molecule has 1 heterocycles. The molecule has 1 aliphatic heterocycles. The predicted octanol–water partition coefficient (Wildman–Crippen LogP) is 0.727. The molecule has 3 nitrogen and oxygen atoms in total. The first-order valence-electron chi connectivity index (χ1n) is 3.55. The van der Waals surface area contributed by atoms with Crippen molar-refractivity contribution in [1.82, 2.24) is 0 Å². The van der Waals surface area contributed by atoms with E-state index in [1.807, 2.05) is 6.92 Å². The third-order valence-electron chi connectivity index (χ3n) is 1.62. The summed E-state index contributed by atoms with van der Waals surface area (Å²) in [6.45, 7) is 4.25. The van der Waals surface area contributed by atoms with E-state index < -0.39 is 0 Å². The van der Waals surface area contributed by atoms with Crippen LogP contribution in [0, 0.1) is 0 Å². The number of hydrogen-bond donors (Lipinski definition) is 0. The molecule has 0 bridgehead atoms. The average molecular weight is 144 g/mol. The van der Waals surface area contributed by atoms with Gasteiger partial charge in [0, 0.05) is 6.42 Å². The molecule has 0 aromatic carbocycles. The fraction of sp³-hybridized carbons (Fsp3) is 0.857. The minimum absolute atomic E-state index is 0.00690. The van der Waals surface area contributed by atoms with Crippen LogP contribution in [0.25, 0.3) is 0 Å². The van der Waals surface area contributed by atoms with Crippen molar-refractivity contribution < 1.29 is 14.3 Å².